The summed E-state index contributed by atoms with van der Waals surface area (Å²) in [7, 11) is -2.41. The molecule has 0 radical (unpaired) electrons. The minimum atomic E-state index is -3.67. The largest absolute Gasteiger partial charge is 0.465 e. The summed E-state index contributed by atoms with van der Waals surface area (Å²) in [5.74, 6) is -1.39. The first-order valence-corrected chi connectivity index (χ1v) is 9.32. The number of amides is 1. The van der Waals surface area contributed by atoms with Crippen LogP contribution in [0, 0.1) is 0 Å². The average Bonchev–Trinajstić information content (AvgIpc) is 2.60. The van der Waals surface area contributed by atoms with Crippen LogP contribution >= 0.6 is 11.6 Å². The summed E-state index contributed by atoms with van der Waals surface area (Å²) in [4.78, 5) is 23.5. The van der Waals surface area contributed by atoms with Crippen molar-refractivity contribution in [3.63, 3.8) is 0 Å². The molecule has 2 aromatic rings. The van der Waals surface area contributed by atoms with Gasteiger partial charge in [-0.2, -0.15) is 0 Å². The van der Waals surface area contributed by atoms with Gasteiger partial charge in [-0.3, -0.25) is 4.79 Å². The lowest BCUT2D eigenvalue weighted by Gasteiger charge is -2.08. The van der Waals surface area contributed by atoms with Gasteiger partial charge in [0.1, 0.15) is 0 Å². The highest BCUT2D eigenvalue weighted by Gasteiger charge is 2.19. The van der Waals surface area contributed by atoms with Gasteiger partial charge in [0, 0.05) is 12.1 Å². The highest BCUT2D eigenvalue weighted by Crippen LogP contribution is 2.22. The number of rotatable bonds is 6. The Morgan fingerprint density at radius 2 is 1.84 bits per heavy atom. The second-order valence-electron chi connectivity index (χ2n) is 5.12. The maximum absolute atomic E-state index is 12.3. The van der Waals surface area contributed by atoms with Crippen LogP contribution in [0.15, 0.2) is 53.4 Å². The van der Waals surface area contributed by atoms with E-state index in [2.05, 4.69) is 10.1 Å². The van der Waals surface area contributed by atoms with Crippen LogP contribution in [-0.4, -0.2) is 33.2 Å². The first-order valence-electron chi connectivity index (χ1n) is 7.29. The van der Waals surface area contributed by atoms with Crippen LogP contribution in [0.3, 0.4) is 0 Å². The molecule has 25 heavy (non-hydrogen) atoms. The zero-order chi connectivity index (χ0) is 18.4. The van der Waals surface area contributed by atoms with Gasteiger partial charge in [-0.25, -0.2) is 13.2 Å². The number of methoxy groups -OCH3 is 1. The number of ether oxygens (including phenoxy) is 1. The summed E-state index contributed by atoms with van der Waals surface area (Å²) in [5, 5.41) is 2.67. The number of esters is 1. The Labute approximate surface area is 150 Å². The number of nitrogens with one attached hydrogen (secondary N) is 1. The van der Waals surface area contributed by atoms with Crippen molar-refractivity contribution in [2.45, 2.75) is 11.3 Å². The second kappa shape index (κ2) is 8.13. The number of halogens is 1. The molecular weight excluding hydrogens is 366 g/mol. The molecule has 0 bridgehead atoms. The number of benzene rings is 2. The second-order valence-corrected chi connectivity index (χ2v) is 7.60. The van der Waals surface area contributed by atoms with Crippen molar-refractivity contribution in [1.82, 2.24) is 0 Å². The molecule has 0 unspecified atom stereocenters. The van der Waals surface area contributed by atoms with Crippen molar-refractivity contribution < 1.29 is 22.7 Å². The Morgan fingerprint density at radius 3 is 2.52 bits per heavy atom. The Morgan fingerprint density at radius 1 is 1.12 bits per heavy atom. The van der Waals surface area contributed by atoms with E-state index in [4.69, 9.17) is 11.6 Å². The van der Waals surface area contributed by atoms with E-state index >= 15 is 0 Å². The fourth-order valence-electron chi connectivity index (χ4n) is 2.10. The van der Waals surface area contributed by atoms with Crippen LogP contribution in [0.25, 0.3) is 0 Å². The topological polar surface area (TPSA) is 89.5 Å². The fourth-order valence-corrected chi connectivity index (χ4v) is 3.91. The first kappa shape index (κ1) is 19.0. The molecule has 1 N–H and O–H groups in total. The third-order valence-corrected chi connectivity index (χ3v) is 5.55. The van der Waals surface area contributed by atoms with Gasteiger partial charge in [0.05, 0.1) is 28.3 Å². The summed E-state index contributed by atoms with van der Waals surface area (Å²) in [6.07, 6.45) is -0.240. The number of hydrogen-bond donors (Lipinski definition) is 1. The van der Waals surface area contributed by atoms with Crippen molar-refractivity contribution in [2.24, 2.45) is 0 Å². The van der Waals surface area contributed by atoms with E-state index in [0.717, 1.165) is 0 Å². The molecule has 8 heteroatoms. The van der Waals surface area contributed by atoms with Crippen molar-refractivity contribution in [3.05, 3.63) is 59.1 Å². The summed E-state index contributed by atoms with van der Waals surface area (Å²) in [6, 6.07) is 12.2. The molecule has 0 aliphatic carbocycles. The number of carbonyl (C=O) groups is 2. The zero-order valence-corrected chi connectivity index (χ0v) is 14.9. The smallest absolute Gasteiger partial charge is 0.337 e. The number of anilines is 1. The van der Waals surface area contributed by atoms with Gasteiger partial charge >= 0.3 is 5.97 Å². The molecule has 0 heterocycles. The van der Waals surface area contributed by atoms with Crippen LogP contribution < -0.4 is 5.32 Å². The first-order chi connectivity index (χ1) is 11.8. The number of hydrogen-bond acceptors (Lipinski definition) is 5. The van der Waals surface area contributed by atoms with Crippen LogP contribution in [0.5, 0.6) is 0 Å². The van der Waals surface area contributed by atoms with Crippen LogP contribution in [-0.2, 0) is 19.4 Å². The quantitative estimate of drug-likeness (QED) is 0.777. The third-order valence-electron chi connectivity index (χ3n) is 3.34. The number of sulfone groups is 1. The molecule has 132 valence electrons. The molecule has 0 spiro atoms. The van der Waals surface area contributed by atoms with Gasteiger partial charge in [-0.1, -0.05) is 29.8 Å². The molecule has 0 aliphatic rings. The Bertz CT molecular complexity index is 895. The standard InChI is InChI=1S/C17H16ClNO5S/c1-24-17(21)12-5-4-6-13(11-12)19-16(20)9-10-25(22,23)15-8-3-2-7-14(15)18/h2-8,11H,9-10H2,1H3,(H,19,20). The van der Waals surface area contributed by atoms with Gasteiger partial charge in [-0.15, -0.1) is 0 Å². The average molecular weight is 382 g/mol. The van der Waals surface area contributed by atoms with E-state index in [-0.39, 0.29) is 27.7 Å². The van der Waals surface area contributed by atoms with Crippen molar-refractivity contribution in [1.29, 1.82) is 0 Å². The lowest BCUT2D eigenvalue weighted by atomic mass is 10.2. The van der Waals surface area contributed by atoms with Crippen molar-refractivity contribution in [3.8, 4) is 0 Å². The van der Waals surface area contributed by atoms with E-state index in [0.29, 0.717) is 5.69 Å². The minimum absolute atomic E-state index is 0.00263. The van der Waals surface area contributed by atoms with Crippen molar-refractivity contribution >= 4 is 39.0 Å². The van der Waals surface area contributed by atoms with Gasteiger partial charge < -0.3 is 10.1 Å². The van der Waals surface area contributed by atoms with E-state index in [1.807, 2.05) is 0 Å². The van der Waals surface area contributed by atoms with E-state index in [1.54, 1.807) is 30.3 Å². The zero-order valence-electron chi connectivity index (χ0n) is 13.4. The van der Waals surface area contributed by atoms with Crippen LogP contribution in [0.4, 0.5) is 5.69 Å². The summed E-state index contributed by atoms with van der Waals surface area (Å²) < 4.78 is 29.1. The molecule has 6 nitrogen and oxygen atoms in total. The summed E-state index contributed by atoms with van der Waals surface area (Å²) >= 11 is 5.89. The lowest BCUT2D eigenvalue weighted by molar-refractivity contribution is -0.115. The molecule has 0 fully saturated rings. The monoisotopic (exact) mass is 381 g/mol. The fraction of sp³-hybridized carbons (Fsp3) is 0.176. The highest BCUT2D eigenvalue weighted by molar-refractivity contribution is 7.91. The van der Waals surface area contributed by atoms with Crippen LogP contribution in [0.1, 0.15) is 16.8 Å². The van der Waals surface area contributed by atoms with E-state index in [9.17, 15) is 18.0 Å². The predicted octanol–water partition coefficient (Wildman–Crippen LogP) is 2.93. The molecule has 1 amide bonds. The Kier molecular flexibility index (Phi) is 6.17. The van der Waals surface area contributed by atoms with Gasteiger partial charge in [0.25, 0.3) is 0 Å². The Balaban J connectivity index is 2.02. The predicted molar refractivity (Wildman–Crippen MR) is 94.5 cm³/mol. The summed E-state index contributed by atoms with van der Waals surface area (Å²) in [5.41, 5.74) is 0.659. The van der Waals surface area contributed by atoms with Gasteiger partial charge in [0.2, 0.25) is 5.91 Å². The molecule has 0 atom stereocenters. The van der Waals surface area contributed by atoms with Gasteiger partial charge in [0.15, 0.2) is 9.84 Å². The Hall–Kier alpha value is -2.38. The third kappa shape index (κ3) is 5.04. The summed E-state index contributed by atoms with van der Waals surface area (Å²) in [6.45, 7) is 0. The van der Waals surface area contributed by atoms with E-state index in [1.165, 1.54) is 25.3 Å². The molecule has 2 aromatic carbocycles. The molecule has 0 saturated carbocycles. The SMILES string of the molecule is COC(=O)c1cccc(NC(=O)CCS(=O)(=O)c2ccccc2Cl)c1. The molecule has 2 rings (SSSR count). The van der Waals surface area contributed by atoms with Crippen molar-refractivity contribution in [2.75, 3.05) is 18.2 Å². The molecule has 0 aromatic heterocycles. The lowest BCUT2D eigenvalue weighted by Crippen LogP contribution is -2.18. The molecular formula is C17H16ClNO5S. The number of carbonyl (C=O) groups excluding carboxylic acids is 2. The maximum atomic E-state index is 12.3. The van der Waals surface area contributed by atoms with Gasteiger partial charge in [-0.05, 0) is 30.3 Å². The van der Waals surface area contributed by atoms with Crippen LogP contribution in [0.2, 0.25) is 5.02 Å². The minimum Gasteiger partial charge on any atom is -0.465 e. The molecule has 0 saturated heterocycles. The molecule has 0 aliphatic heterocycles. The highest BCUT2D eigenvalue weighted by atomic mass is 35.5. The normalized spacial score (nSPS) is 11.0. The maximum Gasteiger partial charge on any atom is 0.337 e. The van der Waals surface area contributed by atoms with E-state index < -0.39 is 21.7 Å².